The van der Waals surface area contributed by atoms with E-state index >= 15 is 0 Å². The van der Waals surface area contributed by atoms with E-state index < -0.39 is 49.0 Å². The number of anilines is 3. The van der Waals surface area contributed by atoms with Gasteiger partial charge in [-0.25, -0.2) is 0 Å². The Hall–Kier alpha value is -2.82. The fraction of sp³-hybridized carbons (Fsp3) is 0.150. The molecule has 6 N–H and O–H groups in total. The summed E-state index contributed by atoms with van der Waals surface area (Å²) in [7, 11) is 1.39. The van der Waals surface area contributed by atoms with Crippen molar-refractivity contribution in [2.75, 3.05) is 22.5 Å². The molecule has 1 unspecified atom stereocenters. The maximum absolute atomic E-state index is 14.4. The normalized spacial score (nSPS) is 17.7. The molecule has 5 rings (SSSR count). The van der Waals surface area contributed by atoms with Crippen LogP contribution in [0.3, 0.4) is 0 Å². The number of urea groups is 1. The van der Waals surface area contributed by atoms with Gasteiger partial charge in [0.05, 0.1) is 0 Å². The van der Waals surface area contributed by atoms with Crippen LogP contribution in [0.5, 0.6) is 5.75 Å². The Balaban J connectivity index is 1.73. The number of halogens is 3. The Bertz CT molecular complexity index is 1250. The van der Waals surface area contributed by atoms with Gasteiger partial charge in [0.25, 0.3) is 0 Å². The molecule has 2 aliphatic heterocycles. The fourth-order valence-corrected chi connectivity index (χ4v) is 7.43. The molecular weight excluding hydrogens is 659 g/mol. The number of pyridine rings is 1. The number of ether oxygens (including phenoxy) is 1. The summed E-state index contributed by atoms with van der Waals surface area (Å²) >= 11 is -1.72. The number of H-pyrrole nitrogens is 1. The van der Waals surface area contributed by atoms with Crippen LogP contribution in [0.25, 0.3) is 11.3 Å². The maximum atomic E-state index is 14.4. The first kappa shape index (κ1) is 22.0. The second kappa shape index (κ2) is 9.20. The van der Waals surface area contributed by atoms with E-state index in [-0.39, 0.29) is 21.6 Å². The predicted molar refractivity (Wildman–Crippen MR) is 111 cm³/mol. The van der Waals surface area contributed by atoms with Gasteiger partial charge in [-0.15, -0.1) is 0 Å². The number of hydrogen-bond acceptors (Lipinski definition) is 6. The zero-order valence-electron chi connectivity index (χ0n) is 17.1. The minimum absolute atomic E-state index is 0.0481. The summed E-state index contributed by atoms with van der Waals surface area (Å²) < 4.78 is 28.7. The zero-order chi connectivity index (χ0) is 22.9. The van der Waals surface area contributed by atoms with E-state index in [9.17, 15) is 14.0 Å². The van der Waals surface area contributed by atoms with Gasteiger partial charge < -0.3 is 0 Å². The molecule has 4 heterocycles. The van der Waals surface area contributed by atoms with Gasteiger partial charge in [0, 0.05) is 0 Å². The number of aromatic amines is 1. The fourth-order valence-electron chi connectivity index (χ4n) is 3.67. The van der Waals surface area contributed by atoms with E-state index in [1.54, 1.807) is 24.5 Å². The quantitative estimate of drug-likeness (QED) is 0.0967. The van der Waals surface area contributed by atoms with E-state index in [1.165, 1.54) is 13.2 Å². The van der Waals surface area contributed by atoms with Crippen molar-refractivity contribution in [2.24, 2.45) is 0 Å². The molecule has 3 aromatic rings. The van der Waals surface area contributed by atoms with Crippen molar-refractivity contribution in [3.8, 4) is 17.0 Å². The first-order valence-electron chi connectivity index (χ1n) is 9.72. The van der Waals surface area contributed by atoms with E-state index in [4.69, 9.17) is 4.74 Å². The first-order valence-corrected chi connectivity index (χ1v) is 14.2. The van der Waals surface area contributed by atoms with Crippen LogP contribution in [0.15, 0.2) is 36.7 Å². The van der Waals surface area contributed by atoms with Gasteiger partial charge in [-0.05, 0) is 0 Å². The van der Waals surface area contributed by atoms with Crippen LogP contribution < -0.4 is 69.2 Å². The van der Waals surface area contributed by atoms with E-state index in [0.717, 1.165) is 11.3 Å². The molecule has 2 aliphatic rings. The van der Waals surface area contributed by atoms with Crippen molar-refractivity contribution in [1.82, 2.24) is 22.3 Å². The molecule has 0 aliphatic carbocycles. The molecule has 1 aromatic carbocycles. The van der Waals surface area contributed by atoms with E-state index in [2.05, 4.69) is 31.2 Å². The number of methoxy groups -OCH3 is 1. The number of hydrogen-bond donors (Lipinski definition) is 6. The third-order valence-corrected chi connectivity index (χ3v) is 9.31. The number of carbonyl (C=O) groups excluding carboxylic acids is 2. The molecule has 0 spiro atoms. The van der Waals surface area contributed by atoms with Gasteiger partial charge in [-0.3, -0.25) is 0 Å². The third kappa shape index (κ3) is 4.14. The van der Waals surface area contributed by atoms with Crippen LogP contribution in [0.2, 0.25) is 0 Å². The number of benzene rings is 1. The summed E-state index contributed by atoms with van der Waals surface area (Å²) in [5.74, 6) is -0.717. The number of amides is 3. The molecule has 0 saturated heterocycles. The number of nitrogens with one attached hydrogen (secondary N) is 6. The molecule has 0 saturated carbocycles. The van der Waals surface area contributed by atoms with Crippen LogP contribution in [0.4, 0.5) is 26.2 Å². The molecule has 0 fully saturated rings. The Morgan fingerprint density at radius 3 is 2.94 bits per heavy atom. The Morgan fingerprint density at radius 2 is 2.09 bits per heavy atom. The average Bonchev–Trinajstić information content (AvgIpc) is 3.18. The van der Waals surface area contributed by atoms with Crippen molar-refractivity contribution < 1.29 is 61.9 Å². The Morgan fingerprint density at radius 1 is 1.21 bits per heavy atom. The molecule has 3 amide bonds. The minimum atomic E-state index is -0.893. The van der Waals surface area contributed by atoms with Crippen LogP contribution in [0, 0.1) is 5.82 Å². The van der Waals surface area contributed by atoms with Crippen molar-refractivity contribution in [1.29, 1.82) is 0 Å². The standard InChI is InChI=1S/C20H18FI2N7O3/c1-33-18-10(21)3-2-4-12(18)26-17-14-16-11(7-25-19(14)31)22-29-20(32)30-23-28-13-8-24-6-5-9(13)15(17)27-16/h2-6,8,11,26-28H,7H2,1H3,(H,25,31)(H2,29,30,32)/q-2. The van der Waals surface area contributed by atoms with Crippen LogP contribution in [-0.4, -0.2) is 35.6 Å². The molecule has 33 heavy (non-hydrogen) atoms. The Kier molecular flexibility index (Phi) is 6.13. The molecule has 13 heteroatoms. The topological polar surface area (TPSA) is 132 Å². The van der Waals surface area contributed by atoms with Gasteiger partial charge in [0.2, 0.25) is 0 Å². The van der Waals surface area contributed by atoms with Crippen LogP contribution in [0.1, 0.15) is 20.0 Å². The van der Waals surface area contributed by atoms with Crippen molar-refractivity contribution in [2.45, 2.75) is 3.92 Å². The molecule has 10 nitrogen and oxygen atoms in total. The summed E-state index contributed by atoms with van der Waals surface area (Å²) in [6, 6.07) is 6.16. The van der Waals surface area contributed by atoms with E-state index in [1.807, 2.05) is 6.07 Å². The van der Waals surface area contributed by atoms with Crippen molar-refractivity contribution in [3.05, 3.63) is 53.7 Å². The van der Waals surface area contributed by atoms with Gasteiger partial charge in [-0.1, -0.05) is 0 Å². The SMILES string of the molecule is COc1c(F)cccc1Nc1c2[nH]c3c1C(=O)NCC3[I-]NC(=O)N[I-]Nc1cnccc1-2. The summed E-state index contributed by atoms with van der Waals surface area (Å²) in [5, 5.41) is 6.16. The molecule has 0 radical (unpaired) electrons. The predicted octanol–water partition coefficient (Wildman–Crippen LogP) is -3.60. The number of fused-ring (bicyclic) bond motifs is 3. The second-order valence-corrected chi connectivity index (χ2v) is 11.3. The third-order valence-electron chi connectivity index (χ3n) is 5.09. The monoisotopic (exact) mass is 677 g/mol. The molecule has 2 bridgehead atoms. The number of alkyl halides is 1. The summed E-state index contributed by atoms with van der Waals surface area (Å²) in [4.78, 5) is 32.9. The number of carbonyl (C=O) groups is 2. The first-order chi connectivity index (χ1) is 16.1. The second-order valence-electron chi connectivity index (χ2n) is 7.02. The number of rotatable bonds is 3. The van der Waals surface area contributed by atoms with Gasteiger partial charge >= 0.3 is 210 Å². The van der Waals surface area contributed by atoms with Gasteiger partial charge in [-0.2, -0.15) is 0 Å². The average molecular weight is 677 g/mol. The van der Waals surface area contributed by atoms with Crippen molar-refractivity contribution in [3.63, 3.8) is 0 Å². The Labute approximate surface area is 209 Å². The number of aromatic nitrogens is 2. The molecule has 2 aromatic heterocycles. The van der Waals surface area contributed by atoms with Crippen molar-refractivity contribution >= 4 is 29.0 Å². The van der Waals surface area contributed by atoms with Crippen LogP contribution in [-0.2, 0) is 0 Å². The summed E-state index contributed by atoms with van der Waals surface area (Å²) in [5.41, 5.74) is 4.20. The van der Waals surface area contributed by atoms with Crippen LogP contribution >= 0.6 is 0 Å². The van der Waals surface area contributed by atoms with Gasteiger partial charge in [0.1, 0.15) is 0 Å². The van der Waals surface area contributed by atoms with Gasteiger partial charge in [0.15, 0.2) is 0 Å². The summed E-state index contributed by atoms with van der Waals surface area (Å²) in [6.45, 7) is 0.415. The number of nitrogens with zero attached hydrogens (tertiary/aromatic N) is 1. The summed E-state index contributed by atoms with van der Waals surface area (Å²) in [6.07, 6.45) is 3.32. The number of para-hydroxylation sites is 1. The van der Waals surface area contributed by atoms with E-state index in [0.29, 0.717) is 34.9 Å². The zero-order valence-corrected chi connectivity index (χ0v) is 21.4. The molecule has 1 atom stereocenters. The molecular formula is C20H18FI2N7O3-2. The molecule has 174 valence electrons.